The summed E-state index contributed by atoms with van der Waals surface area (Å²) in [6, 6.07) is 10.6. The molecule has 1 aromatic heterocycles. The molecule has 2 aromatic rings. The monoisotopic (exact) mass is 338 g/mol. The summed E-state index contributed by atoms with van der Waals surface area (Å²) in [5.74, 6) is 3.12. The third-order valence-corrected chi connectivity index (χ3v) is 4.87. The number of hydrogen-bond acceptors (Lipinski definition) is 5. The Labute approximate surface area is 149 Å². The van der Waals surface area contributed by atoms with Gasteiger partial charge in [-0.15, -0.1) is 0 Å². The number of rotatable bonds is 7. The molecule has 0 saturated heterocycles. The number of nitrogens with zero attached hydrogens (tertiary/aromatic N) is 2. The van der Waals surface area contributed by atoms with Crippen molar-refractivity contribution in [3.63, 3.8) is 0 Å². The van der Waals surface area contributed by atoms with Crippen LogP contribution in [0, 0.1) is 0 Å². The first kappa shape index (κ1) is 16.2. The molecular formula is C20H26N4O. The predicted molar refractivity (Wildman–Crippen MR) is 101 cm³/mol. The number of aromatic nitrogens is 2. The van der Waals surface area contributed by atoms with E-state index in [1.54, 1.807) is 0 Å². The van der Waals surface area contributed by atoms with E-state index in [9.17, 15) is 0 Å². The Morgan fingerprint density at radius 1 is 1.04 bits per heavy atom. The van der Waals surface area contributed by atoms with Crippen molar-refractivity contribution in [2.75, 3.05) is 17.2 Å². The molecule has 0 amide bonds. The molecule has 0 aliphatic heterocycles. The van der Waals surface area contributed by atoms with Crippen molar-refractivity contribution in [2.45, 2.75) is 57.4 Å². The summed E-state index contributed by atoms with van der Waals surface area (Å²) in [5.41, 5.74) is 2.17. The highest BCUT2D eigenvalue weighted by molar-refractivity contribution is 5.59. The summed E-state index contributed by atoms with van der Waals surface area (Å²) < 4.78 is 5.50. The van der Waals surface area contributed by atoms with E-state index < -0.39 is 0 Å². The van der Waals surface area contributed by atoms with Crippen LogP contribution in [0.3, 0.4) is 0 Å². The third-order valence-electron chi connectivity index (χ3n) is 4.87. The Kier molecular flexibility index (Phi) is 4.72. The average molecular weight is 338 g/mol. The van der Waals surface area contributed by atoms with Gasteiger partial charge in [0.25, 0.3) is 0 Å². The molecule has 0 radical (unpaired) electrons. The van der Waals surface area contributed by atoms with Gasteiger partial charge in [-0.1, -0.05) is 12.8 Å². The standard InChI is InChI=1S/C20H26N4O/c1-2-25-17-11-9-16(10-12-17)21-19-13-18(14-7-8-14)23-20(24-19)22-15-5-3-4-6-15/h9-15H,2-8H2,1H3,(H2,21,22,23,24). The van der Waals surface area contributed by atoms with Gasteiger partial charge >= 0.3 is 0 Å². The fourth-order valence-electron chi connectivity index (χ4n) is 3.38. The SMILES string of the molecule is CCOc1ccc(Nc2cc(C3CC3)nc(NC3CCCC3)n2)cc1. The van der Waals surface area contributed by atoms with E-state index in [0.717, 1.165) is 28.9 Å². The van der Waals surface area contributed by atoms with Crippen LogP contribution >= 0.6 is 0 Å². The third kappa shape index (κ3) is 4.21. The molecule has 2 aliphatic rings. The topological polar surface area (TPSA) is 59.1 Å². The van der Waals surface area contributed by atoms with E-state index in [-0.39, 0.29) is 0 Å². The molecule has 0 spiro atoms. The Morgan fingerprint density at radius 3 is 2.48 bits per heavy atom. The second-order valence-electron chi connectivity index (χ2n) is 6.98. The molecule has 2 aliphatic carbocycles. The van der Waals surface area contributed by atoms with Crippen LogP contribution in [-0.2, 0) is 0 Å². The highest BCUT2D eigenvalue weighted by Crippen LogP contribution is 2.40. The van der Waals surface area contributed by atoms with E-state index >= 15 is 0 Å². The lowest BCUT2D eigenvalue weighted by Gasteiger charge is -2.15. The molecule has 0 unspecified atom stereocenters. The molecule has 1 heterocycles. The lowest BCUT2D eigenvalue weighted by molar-refractivity contribution is 0.340. The van der Waals surface area contributed by atoms with E-state index in [1.807, 2.05) is 31.2 Å². The molecule has 0 atom stereocenters. The zero-order valence-electron chi connectivity index (χ0n) is 14.8. The van der Waals surface area contributed by atoms with Gasteiger partial charge in [0, 0.05) is 23.7 Å². The fraction of sp³-hybridized carbons (Fsp3) is 0.500. The van der Waals surface area contributed by atoms with Gasteiger partial charge in [0.15, 0.2) is 0 Å². The van der Waals surface area contributed by atoms with Gasteiger partial charge in [-0.25, -0.2) is 4.98 Å². The first-order valence-corrected chi connectivity index (χ1v) is 9.45. The molecule has 2 saturated carbocycles. The van der Waals surface area contributed by atoms with Crippen molar-refractivity contribution in [2.24, 2.45) is 0 Å². The molecule has 5 nitrogen and oxygen atoms in total. The highest BCUT2D eigenvalue weighted by Gasteiger charge is 2.26. The average Bonchev–Trinajstić information content (AvgIpc) is 3.35. The maximum absolute atomic E-state index is 5.50. The van der Waals surface area contributed by atoms with Crippen molar-refractivity contribution in [3.05, 3.63) is 36.0 Å². The molecule has 1 aromatic carbocycles. The van der Waals surface area contributed by atoms with Crippen LogP contribution in [0.2, 0.25) is 0 Å². The normalized spacial score (nSPS) is 17.5. The number of anilines is 3. The first-order chi connectivity index (χ1) is 12.3. The van der Waals surface area contributed by atoms with Crippen LogP contribution in [0.25, 0.3) is 0 Å². The van der Waals surface area contributed by atoms with Gasteiger partial charge in [0.2, 0.25) is 5.95 Å². The van der Waals surface area contributed by atoms with Gasteiger partial charge in [-0.3, -0.25) is 0 Å². The summed E-state index contributed by atoms with van der Waals surface area (Å²) in [6.45, 7) is 2.67. The van der Waals surface area contributed by atoms with Gasteiger partial charge in [-0.05, 0) is 56.9 Å². The summed E-state index contributed by atoms with van der Waals surface area (Å²) in [6.07, 6.45) is 7.52. The minimum absolute atomic E-state index is 0.521. The Balaban J connectivity index is 1.51. The van der Waals surface area contributed by atoms with Gasteiger partial charge in [-0.2, -0.15) is 4.98 Å². The summed E-state index contributed by atoms with van der Waals surface area (Å²) >= 11 is 0. The first-order valence-electron chi connectivity index (χ1n) is 9.45. The summed E-state index contributed by atoms with van der Waals surface area (Å²) in [4.78, 5) is 9.45. The summed E-state index contributed by atoms with van der Waals surface area (Å²) in [5, 5.41) is 6.95. The second-order valence-corrected chi connectivity index (χ2v) is 6.98. The number of hydrogen-bond donors (Lipinski definition) is 2. The van der Waals surface area contributed by atoms with Crippen molar-refractivity contribution in [1.82, 2.24) is 9.97 Å². The number of ether oxygens (including phenoxy) is 1. The maximum Gasteiger partial charge on any atom is 0.225 e. The van der Waals surface area contributed by atoms with Crippen LogP contribution < -0.4 is 15.4 Å². The van der Waals surface area contributed by atoms with Crippen molar-refractivity contribution >= 4 is 17.5 Å². The van der Waals surface area contributed by atoms with Gasteiger partial charge < -0.3 is 15.4 Å². The van der Waals surface area contributed by atoms with Crippen LogP contribution in [0.4, 0.5) is 17.5 Å². The lowest BCUT2D eigenvalue weighted by atomic mass is 10.2. The quantitative estimate of drug-likeness (QED) is 0.755. The Hall–Kier alpha value is -2.30. The lowest BCUT2D eigenvalue weighted by Crippen LogP contribution is -2.17. The second kappa shape index (κ2) is 7.30. The van der Waals surface area contributed by atoms with Crippen LogP contribution in [0.5, 0.6) is 5.75 Å². The Morgan fingerprint density at radius 2 is 1.80 bits per heavy atom. The van der Waals surface area contributed by atoms with Crippen molar-refractivity contribution < 1.29 is 4.74 Å². The minimum Gasteiger partial charge on any atom is -0.494 e. The van der Waals surface area contributed by atoms with E-state index in [0.29, 0.717) is 18.6 Å². The molecule has 132 valence electrons. The largest absolute Gasteiger partial charge is 0.494 e. The van der Waals surface area contributed by atoms with Gasteiger partial charge in [0.1, 0.15) is 11.6 Å². The van der Waals surface area contributed by atoms with E-state index in [4.69, 9.17) is 14.7 Å². The van der Waals surface area contributed by atoms with E-state index in [2.05, 4.69) is 16.7 Å². The number of benzene rings is 1. The molecule has 5 heteroatoms. The molecule has 2 N–H and O–H groups in total. The molecule has 25 heavy (non-hydrogen) atoms. The Bertz CT molecular complexity index is 706. The number of nitrogens with one attached hydrogen (secondary N) is 2. The van der Waals surface area contributed by atoms with Crippen molar-refractivity contribution in [1.29, 1.82) is 0 Å². The summed E-state index contributed by atoms with van der Waals surface area (Å²) in [7, 11) is 0. The molecular weight excluding hydrogens is 312 g/mol. The molecule has 2 fully saturated rings. The zero-order chi connectivity index (χ0) is 17.1. The molecule has 4 rings (SSSR count). The fourth-order valence-corrected chi connectivity index (χ4v) is 3.38. The maximum atomic E-state index is 5.50. The predicted octanol–water partition coefficient (Wildman–Crippen LogP) is 4.85. The van der Waals surface area contributed by atoms with Crippen LogP contribution in [0.1, 0.15) is 57.1 Å². The van der Waals surface area contributed by atoms with Crippen molar-refractivity contribution in [3.8, 4) is 5.75 Å². The highest BCUT2D eigenvalue weighted by atomic mass is 16.5. The zero-order valence-corrected chi connectivity index (χ0v) is 14.8. The van der Waals surface area contributed by atoms with Gasteiger partial charge in [0.05, 0.1) is 12.3 Å². The van der Waals surface area contributed by atoms with Crippen LogP contribution in [-0.4, -0.2) is 22.6 Å². The minimum atomic E-state index is 0.521. The van der Waals surface area contributed by atoms with Crippen LogP contribution in [0.15, 0.2) is 30.3 Å². The molecule has 0 bridgehead atoms. The van der Waals surface area contributed by atoms with E-state index in [1.165, 1.54) is 38.5 Å². The smallest absolute Gasteiger partial charge is 0.225 e.